The van der Waals surface area contributed by atoms with Crippen LogP contribution in [0, 0.1) is 0 Å². The average Bonchev–Trinajstić information content (AvgIpc) is 3.56. The number of fused-ring (bicyclic) bond motifs is 6. The number of anilines is 3. The van der Waals surface area contributed by atoms with E-state index in [-0.39, 0.29) is 0 Å². The van der Waals surface area contributed by atoms with Gasteiger partial charge in [0.25, 0.3) is 0 Å². The monoisotopic (exact) mass is 637 g/mol. The standard InChI is InChI=1S/C48H31NO/c1-2-13-32(14-3-1)33-27-29-37(30-28-33)49(44-25-11-19-35-16-5-8-21-39(35)44)45-26-12-24-42-43-31-36-17-6-9-22-40(36)46(48(43)50-47(42)45)41-23-10-18-34-15-4-7-20-38(34)41/h1-31H. The third-order valence-electron chi connectivity index (χ3n) is 10.0. The molecule has 10 aromatic rings. The summed E-state index contributed by atoms with van der Waals surface area (Å²) >= 11 is 0. The lowest BCUT2D eigenvalue weighted by molar-refractivity contribution is 0.670. The molecule has 0 atom stereocenters. The summed E-state index contributed by atoms with van der Waals surface area (Å²) in [6, 6.07) is 67.3. The number of hydrogen-bond donors (Lipinski definition) is 0. The third-order valence-corrected chi connectivity index (χ3v) is 10.0. The van der Waals surface area contributed by atoms with E-state index in [1.165, 1.54) is 49.0 Å². The molecule has 234 valence electrons. The summed E-state index contributed by atoms with van der Waals surface area (Å²) in [5.41, 5.74) is 9.60. The molecule has 0 N–H and O–H groups in total. The quantitative estimate of drug-likeness (QED) is 0.187. The SMILES string of the molecule is c1ccc(-c2ccc(N(c3cccc4ccccc34)c3cccc4c3oc3c(-c5cccc6ccccc56)c5ccccc5cc34)cc2)cc1. The number of benzene rings is 9. The maximum atomic E-state index is 7.21. The van der Waals surface area contributed by atoms with Gasteiger partial charge in [0, 0.05) is 27.4 Å². The van der Waals surface area contributed by atoms with Crippen molar-refractivity contribution in [3.05, 3.63) is 188 Å². The van der Waals surface area contributed by atoms with Crippen molar-refractivity contribution in [2.45, 2.75) is 0 Å². The van der Waals surface area contributed by atoms with Gasteiger partial charge in [-0.25, -0.2) is 0 Å². The fourth-order valence-corrected chi connectivity index (χ4v) is 7.71. The summed E-state index contributed by atoms with van der Waals surface area (Å²) in [6.07, 6.45) is 0. The van der Waals surface area contributed by atoms with E-state index in [1.54, 1.807) is 0 Å². The molecule has 0 bridgehead atoms. The van der Waals surface area contributed by atoms with Crippen molar-refractivity contribution in [1.82, 2.24) is 0 Å². The minimum Gasteiger partial charge on any atom is -0.453 e. The predicted octanol–water partition coefficient (Wildman–Crippen LogP) is 13.8. The van der Waals surface area contributed by atoms with Gasteiger partial charge in [0.15, 0.2) is 5.58 Å². The lowest BCUT2D eigenvalue weighted by Gasteiger charge is -2.27. The average molecular weight is 638 g/mol. The number of hydrogen-bond acceptors (Lipinski definition) is 2. The second-order valence-electron chi connectivity index (χ2n) is 12.9. The first-order valence-electron chi connectivity index (χ1n) is 17.1. The Labute approximate surface area is 290 Å². The first-order chi connectivity index (χ1) is 24.8. The smallest absolute Gasteiger partial charge is 0.159 e. The van der Waals surface area contributed by atoms with E-state index in [1.807, 2.05) is 0 Å². The van der Waals surface area contributed by atoms with Crippen molar-refractivity contribution in [1.29, 1.82) is 0 Å². The molecule has 0 spiro atoms. The van der Waals surface area contributed by atoms with Crippen molar-refractivity contribution in [3.63, 3.8) is 0 Å². The highest BCUT2D eigenvalue weighted by atomic mass is 16.3. The Kier molecular flexibility index (Phi) is 6.53. The zero-order chi connectivity index (χ0) is 33.0. The molecule has 0 saturated heterocycles. The largest absolute Gasteiger partial charge is 0.453 e. The summed E-state index contributed by atoms with van der Waals surface area (Å²) < 4.78 is 7.21. The summed E-state index contributed by atoms with van der Waals surface area (Å²) in [7, 11) is 0. The lowest BCUT2D eigenvalue weighted by atomic mass is 9.92. The predicted molar refractivity (Wildman–Crippen MR) is 212 cm³/mol. The van der Waals surface area contributed by atoms with Crippen molar-refractivity contribution in [2.24, 2.45) is 0 Å². The van der Waals surface area contributed by atoms with E-state index in [0.29, 0.717) is 0 Å². The molecule has 0 saturated carbocycles. The van der Waals surface area contributed by atoms with Crippen molar-refractivity contribution >= 4 is 71.3 Å². The first kappa shape index (κ1) is 28.4. The normalized spacial score (nSPS) is 11.6. The highest BCUT2D eigenvalue weighted by Crippen LogP contribution is 2.48. The van der Waals surface area contributed by atoms with E-state index in [4.69, 9.17) is 4.42 Å². The Morgan fingerprint density at radius 2 is 0.900 bits per heavy atom. The Morgan fingerprint density at radius 3 is 1.70 bits per heavy atom. The zero-order valence-corrected chi connectivity index (χ0v) is 27.3. The minimum absolute atomic E-state index is 0.861. The summed E-state index contributed by atoms with van der Waals surface area (Å²) in [4.78, 5) is 2.36. The van der Waals surface area contributed by atoms with Gasteiger partial charge in [-0.1, -0.05) is 158 Å². The number of rotatable bonds is 5. The molecule has 1 aromatic heterocycles. The molecule has 2 heteroatoms. The van der Waals surface area contributed by atoms with Gasteiger partial charge in [-0.3, -0.25) is 0 Å². The van der Waals surface area contributed by atoms with E-state index in [2.05, 4.69) is 193 Å². The van der Waals surface area contributed by atoms with E-state index >= 15 is 0 Å². The van der Waals surface area contributed by atoms with Crippen LogP contribution in [-0.2, 0) is 0 Å². The fourth-order valence-electron chi connectivity index (χ4n) is 7.71. The molecule has 0 radical (unpaired) electrons. The number of para-hydroxylation sites is 1. The maximum Gasteiger partial charge on any atom is 0.159 e. The molecule has 0 aliphatic heterocycles. The molecule has 9 aromatic carbocycles. The maximum absolute atomic E-state index is 7.21. The Morgan fingerprint density at radius 1 is 0.340 bits per heavy atom. The Balaban J connectivity index is 1.27. The molecule has 50 heavy (non-hydrogen) atoms. The summed E-state index contributed by atoms with van der Waals surface area (Å²) in [5.74, 6) is 0. The van der Waals surface area contributed by atoms with Gasteiger partial charge >= 0.3 is 0 Å². The van der Waals surface area contributed by atoms with Crippen molar-refractivity contribution < 1.29 is 4.42 Å². The van der Waals surface area contributed by atoms with Crippen LogP contribution in [0.25, 0.3) is 76.5 Å². The van der Waals surface area contributed by atoms with E-state index in [9.17, 15) is 0 Å². The molecule has 0 aliphatic rings. The van der Waals surface area contributed by atoms with Crippen LogP contribution >= 0.6 is 0 Å². The van der Waals surface area contributed by atoms with Crippen LogP contribution < -0.4 is 4.90 Å². The van der Waals surface area contributed by atoms with Gasteiger partial charge in [-0.2, -0.15) is 0 Å². The Hall–Kier alpha value is -6.64. The third kappa shape index (κ3) is 4.50. The molecule has 0 fully saturated rings. The van der Waals surface area contributed by atoms with E-state index < -0.39 is 0 Å². The molecule has 0 amide bonds. The summed E-state index contributed by atoms with van der Waals surface area (Å²) in [6.45, 7) is 0. The van der Waals surface area contributed by atoms with Crippen LogP contribution in [0.3, 0.4) is 0 Å². The number of furan rings is 1. The molecule has 0 aliphatic carbocycles. The first-order valence-corrected chi connectivity index (χ1v) is 17.1. The fraction of sp³-hybridized carbons (Fsp3) is 0. The van der Waals surface area contributed by atoms with Crippen molar-refractivity contribution in [2.75, 3.05) is 4.90 Å². The van der Waals surface area contributed by atoms with Gasteiger partial charge in [0.2, 0.25) is 0 Å². The molecular formula is C48H31NO. The van der Waals surface area contributed by atoms with Crippen LogP contribution in [0.2, 0.25) is 0 Å². The van der Waals surface area contributed by atoms with Gasteiger partial charge in [0.05, 0.1) is 11.4 Å². The lowest BCUT2D eigenvalue weighted by Crippen LogP contribution is -2.10. The highest BCUT2D eigenvalue weighted by Gasteiger charge is 2.23. The topological polar surface area (TPSA) is 16.4 Å². The minimum atomic E-state index is 0.861. The van der Waals surface area contributed by atoms with Crippen LogP contribution in [0.5, 0.6) is 0 Å². The van der Waals surface area contributed by atoms with Crippen LogP contribution in [0.1, 0.15) is 0 Å². The van der Waals surface area contributed by atoms with Gasteiger partial charge < -0.3 is 9.32 Å². The van der Waals surface area contributed by atoms with Crippen LogP contribution in [-0.4, -0.2) is 0 Å². The van der Waals surface area contributed by atoms with Gasteiger partial charge in [-0.05, 0) is 74.0 Å². The van der Waals surface area contributed by atoms with Crippen LogP contribution in [0.15, 0.2) is 192 Å². The molecule has 0 unspecified atom stereocenters. The molecule has 1 heterocycles. The van der Waals surface area contributed by atoms with Gasteiger partial charge in [0.1, 0.15) is 5.58 Å². The number of nitrogens with zero attached hydrogens (tertiary/aromatic N) is 1. The zero-order valence-electron chi connectivity index (χ0n) is 27.3. The van der Waals surface area contributed by atoms with Crippen molar-refractivity contribution in [3.8, 4) is 22.3 Å². The van der Waals surface area contributed by atoms with Gasteiger partial charge in [-0.15, -0.1) is 0 Å². The summed E-state index contributed by atoms with van der Waals surface area (Å²) in [5, 5.41) is 9.37. The van der Waals surface area contributed by atoms with Crippen LogP contribution in [0.4, 0.5) is 17.1 Å². The molecule has 2 nitrogen and oxygen atoms in total. The molecule has 10 rings (SSSR count). The van der Waals surface area contributed by atoms with E-state index in [0.717, 1.165) is 44.6 Å². The highest BCUT2D eigenvalue weighted by molar-refractivity contribution is 6.22. The second kappa shape index (κ2) is 11.5. The second-order valence-corrected chi connectivity index (χ2v) is 12.9. The Bertz CT molecular complexity index is 2860. The molecular weight excluding hydrogens is 607 g/mol.